The Bertz CT molecular complexity index is 724. The van der Waals surface area contributed by atoms with E-state index in [4.69, 9.17) is 4.74 Å². The molecule has 5 nitrogen and oxygen atoms in total. The van der Waals surface area contributed by atoms with Crippen molar-refractivity contribution in [3.8, 4) is 0 Å². The highest BCUT2D eigenvalue weighted by Gasteiger charge is 2.29. The molecule has 0 spiro atoms. The number of nitrogens with zero attached hydrogens (tertiary/aromatic N) is 2. The number of benzene rings is 1. The van der Waals surface area contributed by atoms with E-state index < -0.39 is 11.7 Å². The third kappa shape index (κ3) is 4.27. The summed E-state index contributed by atoms with van der Waals surface area (Å²) in [4.78, 5) is 18.2. The second-order valence-corrected chi connectivity index (χ2v) is 5.54. The van der Waals surface area contributed by atoms with E-state index in [9.17, 15) is 18.0 Å². The molecule has 25 heavy (non-hydrogen) atoms. The minimum Gasteiger partial charge on any atom is -0.378 e. The molecule has 1 aromatic carbocycles. The number of carbonyl (C=O) groups is 1. The van der Waals surface area contributed by atoms with E-state index in [1.165, 1.54) is 18.3 Å². The van der Waals surface area contributed by atoms with Crippen LogP contribution in [0.5, 0.6) is 0 Å². The van der Waals surface area contributed by atoms with Gasteiger partial charge in [0.2, 0.25) is 0 Å². The average molecular weight is 351 g/mol. The molecule has 0 radical (unpaired) electrons. The van der Waals surface area contributed by atoms with Crippen LogP contribution in [-0.2, 0) is 10.9 Å². The Morgan fingerprint density at radius 1 is 1.08 bits per heavy atom. The fourth-order valence-corrected chi connectivity index (χ4v) is 2.43. The van der Waals surface area contributed by atoms with E-state index in [0.717, 1.165) is 12.1 Å². The maximum atomic E-state index is 12.5. The zero-order chi connectivity index (χ0) is 17.9. The lowest BCUT2D eigenvalue weighted by Gasteiger charge is -2.26. The van der Waals surface area contributed by atoms with Gasteiger partial charge < -0.3 is 15.0 Å². The molecule has 0 saturated carbocycles. The molecule has 8 heteroatoms. The number of aromatic nitrogens is 1. The molecule has 0 unspecified atom stereocenters. The molecule has 1 fully saturated rings. The lowest BCUT2D eigenvalue weighted by molar-refractivity contribution is -0.137. The molecule has 2 heterocycles. The van der Waals surface area contributed by atoms with Crippen LogP contribution < -0.4 is 5.32 Å². The van der Waals surface area contributed by atoms with Gasteiger partial charge in [0.1, 0.15) is 5.82 Å². The standard InChI is InChI=1S/C17H16F3N3O2/c18-17(19,20)13-2-4-14(5-3-13)22-15-6-1-12(11-21-15)16(24)23-7-9-25-10-8-23/h1-6,11H,7-10H2,(H,21,22). The number of rotatable bonds is 3. The molecular formula is C17H16F3N3O2. The Morgan fingerprint density at radius 2 is 1.76 bits per heavy atom. The predicted octanol–water partition coefficient (Wildman–Crippen LogP) is 3.32. The van der Waals surface area contributed by atoms with Gasteiger partial charge in [0, 0.05) is 25.0 Å². The van der Waals surface area contributed by atoms with Gasteiger partial charge in [-0.05, 0) is 36.4 Å². The van der Waals surface area contributed by atoms with Gasteiger partial charge >= 0.3 is 6.18 Å². The Morgan fingerprint density at radius 3 is 2.32 bits per heavy atom. The first-order chi connectivity index (χ1) is 11.9. The second-order valence-electron chi connectivity index (χ2n) is 5.54. The third-order valence-electron chi connectivity index (χ3n) is 3.79. The van der Waals surface area contributed by atoms with Crippen LogP contribution in [0.2, 0.25) is 0 Å². The van der Waals surface area contributed by atoms with Crippen LogP contribution in [0.4, 0.5) is 24.7 Å². The van der Waals surface area contributed by atoms with Crippen LogP contribution in [0.3, 0.4) is 0 Å². The summed E-state index contributed by atoms with van der Waals surface area (Å²) in [5.74, 6) is 0.329. The van der Waals surface area contributed by atoms with Crippen LogP contribution >= 0.6 is 0 Å². The summed E-state index contributed by atoms with van der Waals surface area (Å²) in [6.45, 7) is 2.13. The minimum absolute atomic E-state index is 0.114. The van der Waals surface area contributed by atoms with Gasteiger partial charge in [-0.2, -0.15) is 13.2 Å². The molecule has 3 rings (SSSR count). The largest absolute Gasteiger partial charge is 0.416 e. The van der Waals surface area contributed by atoms with Crippen molar-refractivity contribution in [2.75, 3.05) is 31.6 Å². The highest BCUT2D eigenvalue weighted by molar-refractivity contribution is 5.94. The number of alkyl halides is 3. The predicted molar refractivity (Wildman–Crippen MR) is 85.7 cm³/mol. The van der Waals surface area contributed by atoms with Gasteiger partial charge in [-0.15, -0.1) is 0 Å². The quantitative estimate of drug-likeness (QED) is 0.922. The second kappa shape index (κ2) is 7.10. The number of morpholine rings is 1. The maximum absolute atomic E-state index is 12.5. The van der Waals surface area contributed by atoms with Crippen molar-refractivity contribution in [2.45, 2.75) is 6.18 Å². The number of halogens is 3. The van der Waals surface area contributed by atoms with Gasteiger partial charge in [-0.3, -0.25) is 4.79 Å². The molecule has 1 amide bonds. The van der Waals surface area contributed by atoms with Crippen molar-refractivity contribution in [1.29, 1.82) is 0 Å². The molecule has 132 valence electrons. The normalized spacial score (nSPS) is 15.1. The lowest BCUT2D eigenvalue weighted by Crippen LogP contribution is -2.40. The van der Waals surface area contributed by atoms with Crippen LogP contribution in [0.15, 0.2) is 42.6 Å². The summed E-state index contributed by atoms with van der Waals surface area (Å²) in [6, 6.07) is 7.91. The molecule has 2 aromatic rings. The SMILES string of the molecule is O=C(c1ccc(Nc2ccc(C(F)(F)F)cc2)nc1)N1CCOCC1. The molecule has 0 atom stereocenters. The van der Waals surface area contributed by atoms with Crippen LogP contribution in [0.25, 0.3) is 0 Å². The number of ether oxygens (including phenoxy) is 1. The highest BCUT2D eigenvalue weighted by Crippen LogP contribution is 2.30. The minimum atomic E-state index is -4.36. The van der Waals surface area contributed by atoms with Crippen LogP contribution in [-0.4, -0.2) is 42.1 Å². The van der Waals surface area contributed by atoms with Gasteiger partial charge in [-0.25, -0.2) is 4.98 Å². The summed E-state index contributed by atoms with van der Waals surface area (Å²) in [6.07, 6.45) is -2.91. The molecule has 1 saturated heterocycles. The Labute approximate surface area is 142 Å². The molecule has 0 aliphatic carbocycles. The molecular weight excluding hydrogens is 335 g/mol. The zero-order valence-corrected chi connectivity index (χ0v) is 13.2. The summed E-state index contributed by atoms with van der Waals surface area (Å²) in [5.41, 5.74) is 0.227. The van der Waals surface area contributed by atoms with Crippen molar-refractivity contribution in [1.82, 2.24) is 9.88 Å². The first-order valence-electron chi connectivity index (χ1n) is 7.71. The van der Waals surface area contributed by atoms with E-state index in [0.29, 0.717) is 43.4 Å². The molecule has 1 N–H and O–H groups in total. The van der Waals surface area contributed by atoms with Gasteiger partial charge in [0.05, 0.1) is 24.3 Å². The van der Waals surface area contributed by atoms with Crippen molar-refractivity contribution in [3.63, 3.8) is 0 Å². The number of anilines is 2. The lowest BCUT2D eigenvalue weighted by atomic mass is 10.2. The average Bonchev–Trinajstić information content (AvgIpc) is 2.62. The topological polar surface area (TPSA) is 54.5 Å². The highest BCUT2D eigenvalue weighted by atomic mass is 19.4. The number of hydrogen-bond acceptors (Lipinski definition) is 4. The van der Waals surface area contributed by atoms with E-state index in [1.54, 1.807) is 17.0 Å². The van der Waals surface area contributed by atoms with Crippen LogP contribution in [0.1, 0.15) is 15.9 Å². The van der Waals surface area contributed by atoms with Crippen molar-refractivity contribution in [3.05, 3.63) is 53.7 Å². The van der Waals surface area contributed by atoms with Crippen molar-refractivity contribution in [2.24, 2.45) is 0 Å². The first kappa shape index (κ1) is 17.2. The summed E-state index contributed by atoms with van der Waals surface area (Å²) >= 11 is 0. The van der Waals surface area contributed by atoms with E-state index in [2.05, 4.69) is 10.3 Å². The molecule has 0 bridgehead atoms. The molecule has 1 aliphatic rings. The van der Waals surface area contributed by atoms with Crippen LogP contribution in [0, 0.1) is 0 Å². The maximum Gasteiger partial charge on any atom is 0.416 e. The van der Waals surface area contributed by atoms with Gasteiger partial charge in [0.25, 0.3) is 5.91 Å². The monoisotopic (exact) mass is 351 g/mol. The Kier molecular flexibility index (Phi) is 4.89. The Balaban J connectivity index is 1.65. The Hall–Kier alpha value is -2.61. The smallest absolute Gasteiger partial charge is 0.378 e. The number of carbonyl (C=O) groups excluding carboxylic acids is 1. The first-order valence-corrected chi connectivity index (χ1v) is 7.71. The van der Waals surface area contributed by atoms with E-state index in [1.807, 2.05) is 0 Å². The fourth-order valence-electron chi connectivity index (χ4n) is 2.43. The number of nitrogens with one attached hydrogen (secondary N) is 1. The zero-order valence-electron chi connectivity index (χ0n) is 13.2. The fraction of sp³-hybridized carbons (Fsp3) is 0.294. The van der Waals surface area contributed by atoms with Crippen molar-refractivity contribution >= 4 is 17.4 Å². The van der Waals surface area contributed by atoms with Gasteiger partial charge in [0.15, 0.2) is 0 Å². The number of pyridine rings is 1. The van der Waals surface area contributed by atoms with E-state index in [-0.39, 0.29) is 5.91 Å². The number of hydrogen-bond donors (Lipinski definition) is 1. The number of amides is 1. The summed E-state index contributed by atoms with van der Waals surface area (Å²) in [7, 11) is 0. The van der Waals surface area contributed by atoms with Crippen molar-refractivity contribution < 1.29 is 22.7 Å². The van der Waals surface area contributed by atoms with E-state index >= 15 is 0 Å². The summed E-state index contributed by atoms with van der Waals surface area (Å²) in [5, 5.41) is 2.90. The third-order valence-corrected chi connectivity index (χ3v) is 3.79. The summed E-state index contributed by atoms with van der Waals surface area (Å²) < 4.78 is 42.8. The van der Waals surface area contributed by atoms with Gasteiger partial charge in [-0.1, -0.05) is 0 Å². The molecule has 1 aromatic heterocycles. The molecule has 1 aliphatic heterocycles.